The van der Waals surface area contributed by atoms with Crippen molar-refractivity contribution >= 4 is 17.0 Å². The third kappa shape index (κ3) is 3.64. The molecule has 0 amide bonds. The Labute approximate surface area is 144 Å². The lowest BCUT2D eigenvalue weighted by Crippen LogP contribution is -2.45. The molecule has 2 aromatic carbocycles. The molecular weight excluding hydrogens is 356 g/mol. The molecule has 25 heavy (non-hydrogen) atoms. The molecule has 0 aliphatic carbocycles. The fraction of sp³-hybridized carbons (Fsp3) is 0.235. The van der Waals surface area contributed by atoms with Crippen LogP contribution in [-0.4, -0.2) is 16.1 Å². The van der Waals surface area contributed by atoms with Crippen LogP contribution in [0, 0.1) is 11.2 Å². The number of nitrogens with one attached hydrogen (secondary N) is 2. The van der Waals surface area contributed by atoms with Gasteiger partial charge in [0.2, 0.25) is 0 Å². The summed E-state index contributed by atoms with van der Waals surface area (Å²) in [6.07, 6.45) is -4.52. The predicted molar refractivity (Wildman–Crippen MR) is 87.2 cm³/mol. The van der Waals surface area contributed by atoms with Crippen LogP contribution in [0.1, 0.15) is 28.0 Å². The predicted octanol–water partition coefficient (Wildman–Crippen LogP) is 3.96. The summed E-state index contributed by atoms with van der Waals surface area (Å²) in [6, 6.07) is 9.77. The Bertz CT molecular complexity index is 796. The standard InChI is InChI=1S/C17H14F4N2OS/c18-13-7-2-1-6-12(13)14-9-25(24)15(16(22)23-14)10-4-3-5-11(8-10)17(19,20)21/h1-8,14-15H,9H2,(H2,22,23). The summed E-state index contributed by atoms with van der Waals surface area (Å²) in [6.45, 7) is 0. The smallest absolute Gasteiger partial charge is 0.416 e. The molecule has 2 aromatic rings. The lowest BCUT2D eigenvalue weighted by atomic mass is 10.0. The van der Waals surface area contributed by atoms with E-state index >= 15 is 0 Å². The van der Waals surface area contributed by atoms with Crippen molar-refractivity contribution in [2.45, 2.75) is 17.5 Å². The summed E-state index contributed by atoms with van der Waals surface area (Å²) in [4.78, 5) is 0. The molecule has 2 N–H and O–H groups in total. The molecule has 0 bridgehead atoms. The van der Waals surface area contributed by atoms with Crippen molar-refractivity contribution in [3.05, 3.63) is 71.0 Å². The number of hydrogen-bond donors (Lipinski definition) is 2. The molecule has 3 atom stereocenters. The number of rotatable bonds is 2. The Morgan fingerprint density at radius 3 is 2.48 bits per heavy atom. The van der Waals surface area contributed by atoms with Gasteiger partial charge in [0.05, 0.1) is 5.56 Å². The number of benzene rings is 2. The van der Waals surface area contributed by atoms with Gasteiger partial charge in [0.1, 0.15) is 17.6 Å². The first kappa shape index (κ1) is 17.8. The Morgan fingerprint density at radius 1 is 1.12 bits per heavy atom. The fourth-order valence-electron chi connectivity index (χ4n) is 2.82. The Balaban J connectivity index is 1.87. The number of halogens is 4. The van der Waals surface area contributed by atoms with Gasteiger partial charge in [0, 0.05) is 11.1 Å². The Morgan fingerprint density at radius 2 is 1.84 bits per heavy atom. The van der Waals surface area contributed by atoms with Crippen molar-refractivity contribution in [2.24, 2.45) is 0 Å². The molecule has 3 unspecified atom stereocenters. The zero-order valence-corrected chi connectivity index (χ0v) is 13.6. The van der Waals surface area contributed by atoms with Crippen molar-refractivity contribution in [3.8, 4) is 0 Å². The highest BCUT2D eigenvalue weighted by molar-refractivity contribution is 7.92. The normalized spacial score (nSPS) is 24.0. The molecule has 1 fully saturated rings. The van der Waals surface area contributed by atoms with Gasteiger partial charge in [-0.05, 0) is 29.4 Å². The van der Waals surface area contributed by atoms with E-state index in [-0.39, 0.29) is 22.7 Å². The SMILES string of the molecule is N=C1NC(c2ccccc2F)C[S+]([O-])C1c1cccc(C(F)(F)F)c1. The maximum Gasteiger partial charge on any atom is 0.416 e. The Hall–Kier alpha value is -2.06. The first-order valence-electron chi connectivity index (χ1n) is 7.41. The van der Waals surface area contributed by atoms with Crippen molar-refractivity contribution in [1.82, 2.24) is 5.32 Å². The van der Waals surface area contributed by atoms with Gasteiger partial charge in [-0.2, -0.15) is 13.2 Å². The average molecular weight is 370 g/mol. The second-order valence-corrected chi connectivity index (χ2v) is 7.25. The molecule has 0 saturated carbocycles. The number of amidine groups is 1. The zero-order valence-electron chi connectivity index (χ0n) is 12.8. The van der Waals surface area contributed by atoms with Crippen LogP contribution in [0.2, 0.25) is 0 Å². The van der Waals surface area contributed by atoms with E-state index in [0.29, 0.717) is 0 Å². The molecule has 3 nitrogen and oxygen atoms in total. The van der Waals surface area contributed by atoms with Crippen molar-refractivity contribution in [1.29, 1.82) is 5.41 Å². The van der Waals surface area contributed by atoms with E-state index in [1.54, 1.807) is 6.07 Å². The van der Waals surface area contributed by atoms with Gasteiger partial charge in [0.25, 0.3) is 0 Å². The van der Waals surface area contributed by atoms with Gasteiger partial charge < -0.3 is 9.87 Å². The van der Waals surface area contributed by atoms with Crippen LogP contribution in [0.4, 0.5) is 17.6 Å². The van der Waals surface area contributed by atoms with Crippen LogP contribution in [0.25, 0.3) is 0 Å². The van der Waals surface area contributed by atoms with Crippen LogP contribution < -0.4 is 5.32 Å². The molecule has 0 spiro atoms. The van der Waals surface area contributed by atoms with Gasteiger partial charge in [-0.1, -0.05) is 30.3 Å². The van der Waals surface area contributed by atoms with Crippen LogP contribution in [0.3, 0.4) is 0 Å². The maximum atomic E-state index is 13.9. The lowest BCUT2D eigenvalue weighted by molar-refractivity contribution is -0.137. The summed E-state index contributed by atoms with van der Waals surface area (Å²) in [5.41, 5.74) is -0.424. The van der Waals surface area contributed by atoms with E-state index in [0.717, 1.165) is 12.1 Å². The summed E-state index contributed by atoms with van der Waals surface area (Å²) >= 11 is -1.65. The quantitative estimate of drug-likeness (QED) is 0.621. The largest absolute Gasteiger partial charge is 0.615 e. The minimum absolute atomic E-state index is 0.00419. The van der Waals surface area contributed by atoms with Gasteiger partial charge in [-0.3, -0.25) is 5.41 Å². The molecule has 3 rings (SSSR count). The van der Waals surface area contributed by atoms with E-state index in [4.69, 9.17) is 5.41 Å². The van der Waals surface area contributed by atoms with Crippen molar-refractivity contribution in [2.75, 3.05) is 5.75 Å². The molecule has 1 heterocycles. The van der Waals surface area contributed by atoms with Gasteiger partial charge in [-0.15, -0.1) is 0 Å². The van der Waals surface area contributed by atoms with Crippen LogP contribution in [0.15, 0.2) is 48.5 Å². The topological polar surface area (TPSA) is 58.9 Å². The number of alkyl halides is 3. The fourth-order valence-corrected chi connectivity index (χ4v) is 4.38. The summed E-state index contributed by atoms with van der Waals surface area (Å²) in [5, 5.41) is 9.87. The third-order valence-corrected chi connectivity index (χ3v) is 5.68. The highest BCUT2D eigenvalue weighted by Crippen LogP contribution is 2.36. The minimum atomic E-state index is -4.52. The molecule has 0 radical (unpaired) electrons. The van der Waals surface area contributed by atoms with Crippen LogP contribution >= 0.6 is 0 Å². The third-order valence-electron chi connectivity index (χ3n) is 3.98. The van der Waals surface area contributed by atoms with Gasteiger partial charge in [0.15, 0.2) is 11.1 Å². The van der Waals surface area contributed by atoms with E-state index in [1.807, 2.05) is 0 Å². The van der Waals surface area contributed by atoms with E-state index in [1.165, 1.54) is 30.3 Å². The zero-order chi connectivity index (χ0) is 18.2. The Kier molecular flexibility index (Phi) is 4.75. The summed E-state index contributed by atoms with van der Waals surface area (Å²) in [7, 11) is 0. The highest BCUT2D eigenvalue weighted by atomic mass is 32.2. The second kappa shape index (κ2) is 6.68. The second-order valence-electron chi connectivity index (χ2n) is 5.68. The summed E-state index contributed by atoms with van der Waals surface area (Å²) in [5.74, 6) is -0.663. The van der Waals surface area contributed by atoms with Crippen molar-refractivity contribution in [3.63, 3.8) is 0 Å². The summed E-state index contributed by atoms with van der Waals surface area (Å²) < 4.78 is 65.1. The van der Waals surface area contributed by atoms with Gasteiger partial charge in [-0.25, -0.2) is 4.39 Å². The van der Waals surface area contributed by atoms with Gasteiger partial charge >= 0.3 is 6.18 Å². The van der Waals surface area contributed by atoms with E-state index in [9.17, 15) is 22.1 Å². The lowest BCUT2D eigenvalue weighted by Gasteiger charge is -2.34. The first-order valence-corrected chi connectivity index (χ1v) is 8.79. The minimum Gasteiger partial charge on any atom is -0.615 e. The monoisotopic (exact) mass is 370 g/mol. The van der Waals surface area contributed by atoms with E-state index in [2.05, 4.69) is 5.32 Å². The van der Waals surface area contributed by atoms with Crippen LogP contribution in [-0.2, 0) is 17.4 Å². The maximum absolute atomic E-state index is 13.9. The van der Waals surface area contributed by atoms with Crippen molar-refractivity contribution < 1.29 is 22.1 Å². The average Bonchev–Trinajstić information content (AvgIpc) is 2.54. The molecule has 0 aromatic heterocycles. The molecule has 1 aliphatic rings. The number of hydrogen-bond acceptors (Lipinski definition) is 2. The van der Waals surface area contributed by atoms with Crippen LogP contribution in [0.5, 0.6) is 0 Å². The highest BCUT2D eigenvalue weighted by Gasteiger charge is 2.40. The molecular formula is C17H14F4N2OS. The molecule has 8 heteroatoms. The molecule has 1 aliphatic heterocycles. The first-order chi connectivity index (χ1) is 11.8. The van der Waals surface area contributed by atoms with E-state index < -0.39 is 40.0 Å². The molecule has 132 valence electrons. The molecule has 1 saturated heterocycles.